The monoisotopic (exact) mass is 867 g/mol. The zero-order chi connectivity index (χ0) is 48.1. The van der Waals surface area contributed by atoms with Gasteiger partial charge in [0, 0.05) is 26.3 Å². The third-order valence-electron chi connectivity index (χ3n) is 9.91. The predicted molar refractivity (Wildman–Crippen MR) is 247 cm³/mol. The number of rotatable bonds is 25. The highest BCUT2D eigenvalue weighted by atomic mass is 16.6. The second-order valence-corrected chi connectivity index (χ2v) is 17.9. The van der Waals surface area contributed by atoms with E-state index in [-0.39, 0.29) is 17.6 Å². The van der Waals surface area contributed by atoms with Crippen LogP contribution in [0.5, 0.6) is 0 Å². The zero-order valence-electron chi connectivity index (χ0n) is 40.8. The highest BCUT2D eigenvalue weighted by Crippen LogP contribution is 2.31. The summed E-state index contributed by atoms with van der Waals surface area (Å²) in [7, 11) is 1.53. The van der Waals surface area contributed by atoms with Gasteiger partial charge in [-0.25, -0.2) is 9.59 Å². The number of alkyl carbamates (subject to hydrolysis) is 2. The molecule has 0 aromatic carbocycles. The Bertz CT molecular complexity index is 1440. The van der Waals surface area contributed by atoms with Crippen LogP contribution in [0.1, 0.15) is 130 Å². The molecule has 1 atom stereocenters. The number of carbonyl (C=O) groups is 2. The van der Waals surface area contributed by atoms with Gasteiger partial charge in [-0.2, -0.15) is 0 Å². The molecule has 2 amide bonds. The molecular weight excluding hydrogens is 781 g/mol. The number of amides is 2. The second kappa shape index (κ2) is 31.0. The van der Waals surface area contributed by atoms with Gasteiger partial charge in [-0.3, -0.25) is 26.7 Å². The third kappa shape index (κ3) is 31.6. The van der Waals surface area contributed by atoms with E-state index in [1.54, 1.807) is 43.4 Å². The number of aliphatic hydroxyl groups is 1. The summed E-state index contributed by atoms with van der Waals surface area (Å²) in [5, 5.41) is 32.2. The van der Waals surface area contributed by atoms with E-state index >= 15 is 0 Å². The van der Waals surface area contributed by atoms with Crippen molar-refractivity contribution in [2.24, 2.45) is 11.3 Å². The Hall–Kier alpha value is -3.92. The standard InChI is InChI=1S/C22H38N2O4.C17H35NO5.C8H13NO/c1-9-11-19(24-26)18(4)12-10-14-23-20(25)27-16-22(7,8)28-15-13-21(5,6)17(2)3;1-13(19)17(6,7)23-16(4,5)10-12-22-15(2,3)9-11-21-14(20)18-8;1-4-6-7(3)8(5-2)9-10/h9-12,14,17,24,26H,1,13,15-16H2,2-8H3,(H,23,25);13,19H,9-12H2,1-8H3,(H,18,20);4-6,9-10H,1H2,2-3H3/b14-10+,18-12-,19-11+;;7-6-,8-5+. The first-order valence-electron chi connectivity index (χ1n) is 20.9. The first-order valence-corrected chi connectivity index (χ1v) is 20.9. The summed E-state index contributed by atoms with van der Waals surface area (Å²) < 4.78 is 28.0. The summed E-state index contributed by atoms with van der Waals surface area (Å²) in [6.45, 7) is 40.3. The minimum atomic E-state index is -0.611. The highest BCUT2D eigenvalue weighted by Gasteiger charge is 2.33. The number of nitrogens with one attached hydrogen (secondary N) is 4. The van der Waals surface area contributed by atoms with E-state index in [9.17, 15) is 14.7 Å². The third-order valence-corrected chi connectivity index (χ3v) is 9.91. The molecule has 14 heteroatoms. The minimum Gasteiger partial charge on any atom is -0.449 e. The fourth-order valence-corrected chi connectivity index (χ4v) is 4.58. The van der Waals surface area contributed by atoms with Crippen molar-refractivity contribution in [1.29, 1.82) is 0 Å². The van der Waals surface area contributed by atoms with Crippen LogP contribution >= 0.6 is 0 Å². The maximum absolute atomic E-state index is 11.8. The number of hydrogen-bond donors (Lipinski definition) is 7. The molecular formula is C47H86N4O10. The molecule has 61 heavy (non-hydrogen) atoms. The summed E-state index contributed by atoms with van der Waals surface area (Å²) in [6.07, 6.45) is 14.0. The molecule has 0 fully saturated rings. The van der Waals surface area contributed by atoms with E-state index in [1.165, 1.54) is 13.2 Å². The second-order valence-electron chi connectivity index (χ2n) is 17.9. The van der Waals surface area contributed by atoms with Crippen LogP contribution in [-0.2, 0) is 23.7 Å². The fraction of sp³-hybridized carbons (Fsp3) is 0.660. The number of ether oxygens (including phenoxy) is 5. The van der Waals surface area contributed by atoms with Crippen molar-refractivity contribution in [3.8, 4) is 0 Å². The molecule has 0 aromatic heterocycles. The highest BCUT2D eigenvalue weighted by molar-refractivity contribution is 5.68. The molecule has 7 N–H and O–H groups in total. The summed E-state index contributed by atoms with van der Waals surface area (Å²) in [4.78, 5) is 22.8. The van der Waals surface area contributed by atoms with Crippen LogP contribution in [0.25, 0.3) is 0 Å². The lowest BCUT2D eigenvalue weighted by Crippen LogP contribution is -2.45. The quantitative estimate of drug-likeness (QED) is 0.0340. The number of hydrogen-bond acceptors (Lipinski definition) is 12. The van der Waals surface area contributed by atoms with Crippen molar-refractivity contribution in [3.63, 3.8) is 0 Å². The Labute approximate surface area is 369 Å². The Morgan fingerprint density at radius 1 is 0.689 bits per heavy atom. The van der Waals surface area contributed by atoms with Gasteiger partial charge in [0.05, 0.1) is 53.1 Å². The Morgan fingerprint density at radius 2 is 1.20 bits per heavy atom. The molecule has 0 aliphatic carbocycles. The zero-order valence-corrected chi connectivity index (χ0v) is 40.8. The predicted octanol–water partition coefficient (Wildman–Crippen LogP) is 9.96. The lowest BCUT2D eigenvalue weighted by atomic mass is 9.79. The lowest BCUT2D eigenvalue weighted by Gasteiger charge is -2.38. The first kappa shape index (κ1) is 61.4. The maximum atomic E-state index is 11.8. The maximum Gasteiger partial charge on any atom is 0.411 e. The SMILES string of the molecule is C=C/C=C(C)\C(=C/C)NO.C=C\C=C(NO)/C(C)=C\C=C\NC(=O)OCC(C)(C)OCCC(C)(C)C(C)C.CNC(=O)OCCC(C)(C)OCCC(C)(C)OC(C)(C)C(C)O. The van der Waals surface area contributed by atoms with Gasteiger partial charge < -0.3 is 34.1 Å². The lowest BCUT2D eigenvalue weighted by molar-refractivity contribution is -0.177. The van der Waals surface area contributed by atoms with Gasteiger partial charge in [0.25, 0.3) is 0 Å². The number of allylic oxidation sites excluding steroid dienone is 9. The van der Waals surface area contributed by atoms with Crippen LogP contribution in [0.4, 0.5) is 9.59 Å². The average molecular weight is 867 g/mol. The van der Waals surface area contributed by atoms with Crippen molar-refractivity contribution in [2.75, 3.05) is 33.5 Å². The van der Waals surface area contributed by atoms with Gasteiger partial charge in [-0.1, -0.05) is 71.2 Å². The Balaban J connectivity index is -0.000000913. The molecule has 0 spiro atoms. The van der Waals surface area contributed by atoms with E-state index in [1.807, 2.05) is 82.2 Å². The van der Waals surface area contributed by atoms with Gasteiger partial charge in [0.15, 0.2) is 0 Å². The van der Waals surface area contributed by atoms with E-state index in [2.05, 4.69) is 62.4 Å². The van der Waals surface area contributed by atoms with E-state index in [0.717, 1.165) is 17.6 Å². The van der Waals surface area contributed by atoms with Gasteiger partial charge >= 0.3 is 12.2 Å². The summed E-state index contributed by atoms with van der Waals surface area (Å²) in [5.74, 6) is 0.571. The molecule has 354 valence electrons. The van der Waals surface area contributed by atoms with E-state index in [4.69, 9.17) is 34.1 Å². The minimum absolute atomic E-state index is 0.157. The Kier molecular flexibility index (Phi) is 31.2. The molecule has 14 nitrogen and oxygen atoms in total. The van der Waals surface area contributed by atoms with E-state index in [0.29, 0.717) is 50.0 Å². The molecule has 0 saturated heterocycles. The molecule has 0 aliphatic heterocycles. The Morgan fingerprint density at radius 3 is 1.67 bits per heavy atom. The first-order chi connectivity index (χ1) is 28.0. The molecule has 0 aromatic rings. The average Bonchev–Trinajstić information content (AvgIpc) is 3.14. The number of hydroxylamine groups is 2. The summed E-state index contributed by atoms with van der Waals surface area (Å²) in [6, 6.07) is 0. The number of aliphatic hydroxyl groups excluding tert-OH is 1. The molecule has 0 heterocycles. The molecule has 0 saturated carbocycles. The molecule has 1 unspecified atom stereocenters. The van der Waals surface area contributed by atoms with E-state index < -0.39 is 35.1 Å². The van der Waals surface area contributed by atoms with Gasteiger partial charge in [-0.15, -0.1) is 0 Å². The van der Waals surface area contributed by atoms with Crippen LogP contribution in [0.3, 0.4) is 0 Å². The van der Waals surface area contributed by atoms with Crippen LogP contribution in [0, 0.1) is 11.3 Å². The largest absolute Gasteiger partial charge is 0.449 e. The van der Waals surface area contributed by atoms with Crippen LogP contribution in [-0.4, -0.2) is 89.7 Å². The molecule has 0 aliphatic rings. The smallest absolute Gasteiger partial charge is 0.411 e. The molecule has 0 bridgehead atoms. The van der Waals surface area contributed by atoms with Gasteiger partial charge in [-0.05, 0) is 131 Å². The molecule has 0 rings (SSSR count). The number of carbonyl (C=O) groups excluding carboxylic acids is 2. The van der Waals surface area contributed by atoms with Crippen molar-refractivity contribution in [2.45, 2.75) is 159 Å². The van der Waals surface area contributed by atoms with Crippen molar-refractivity contribution in [1.82, 2.24) is 21.6 Å². The summed E-state index contributed by atoms with van der Waals surface area (Å²) >= 11 is 0. The van der Waals surface area contributed by atoms with Crippen LogP contribution < -0.4 is 21.6 Å². The topological polar surface area (TPSA) is 189 Å². The fourth-order valence-electron chi connectivity index (χ4n) is 4.58. The van der Waals surface area contributed by atoms with Crippen LogP contribution in [0.2, 0.25) is 0 Å². The van der Waals surface area contributed by atoms with Crippen molar-refractivity contribution in [3.05, 3.63) is 84.4 Å². The summed E-state index contributed by atoms with van der Waals surface area (Å²) in [5.41, 5.74) is 5.37. The van der Waals surface area contributed by atoms with Crippen molar-refractivity contribution >= 4 is 12.2 Å². The normalized spacial score (nSPS) is 13.9. The van der Waals surface area contributed by atoms with Gasteiger partial charge in [0.1, 0.15) is 6.61 Å². The van der Waals surface area contributed by atoms with Gasteiger partial charge in [0.2, 0.25) is 0 Å². The van der Waals surface area contributed by atoms with Crippen molar-refractivity contribution < 1.29 is 48.8 Å². The molecule has 0 radical (unpaired) electrons. The van der Waals surface area contributed by atoms with Crippen LogP contribution in [0.15, 0.2) is 84.4 Å².